The first kappa shape index (κ1) is 18.2. The van der Waals surface area contributed by atoms with E-state index in [9.17, 15) is 8.42 Å². The van der Waals surface area contributed by atoms with Crippen molar-refractivity contribution in [1.82, 2.24) is 0 Å². The molecule has 0 atom stereocenters. The SMILES string of the molecule is O=S(=O)(O)CCCOc1c(-c2ccccc2)cccc1-c1ccccc1. The first-order chi connectivity index (χ1) is 12.5. The topological polar surface area (TPSA) is 63.6 Å². The molecule has 0 bridgehead atoms. The van der Waals surface area contributed by atoms with Gasteiger partial charge in [-0.15, -0.1) is 0 Å². The van der Waals surface area contributed by atoms with Gasteiger partial charge in [0.05, 0.1) is 12.4 Å². The van der Waals surface area contributed by atoms with Crippen LogP contribution in [0.1, 0.15) is 6.42 Å². The lowest BCUT2D eigenvalue weighted by molar-refractivity contribution is 0.318. The van der Waals surface area contributed by atoms with Gasteiger partial charge in [0.2, 0.25) is 0 Å². The van der Waals surface area contributed by atoms with Gasteiger partial charge in [-0.2, -0.15) is 8.42 Å². The number of hydrogen-bond donors (Lipinski definition) is 1. The summed E-state index contributed by atoms with van der Waals surface area (Å²) in [6.45, 7) is 0.198. The number of ether oxygens (including phenoxy) is 1. The van der Waals surface area contributed by atoms with Crippen LogP contribution in [-0.4, -0.2) is 25.3 Å². The van der Waals surface area contributed by atoms with Crippen LogP contribution < -0.4 is 4.74 Å². The third-order valence-electron chi connectivity index (χ3n) is 3.98. The van der Waals surface area contributed by atoms with Gasteiger partial charge in [-0.3, -0.25) is 4.55 Å². The highest BCUT2D eigenvalue weighted by Gasteiger charge is 2.14. The molecule has 4 nitrogen and oxygen atoms in total. The number of rotatable bonds is 7. The van der Waals surface area contributed by atoms with E-state index in [4.69, 9.17) is 9.29 Å². The van der Waals surface area contributed by atoms with Crippen molar-refractivity contribution in [3.8, 4) is 28.0 Å². The molecule has 0 saturated heterocycles. The van der Waals surface area contributed by atoms with Crippen molar-refractivity contribution in [2.75, 3.05) is 12.4 Å². The van der Waals surface area contributed by atoms with Crippen molar-refractivity contribution in [2.45, 2.75) is 6.42 Å². The van der Waals surface area contributed by atoms with E-state index in [-0.39, 0.29) is 18.8 Å². The standard InChI is InChI=1S/C21H20O4S/c22-26(23,24)16-8-15-25-21-19(17-9-3-1-4-10-17)13-7-14-20(21)18-11-5-2-6-12-18/h1-7,9-14H,8,15-16H2,(H,22,23,24). The zero-order chi connectivity index (χ0) is 18.4. The molecule has 1 N–H and O–H groups in total. The minimum absolute atomic E-state index is 0.198. The summed E-state index contributed by atoms with van der Waals surface area (Å²) in [7, 11) is -3.98. The van der Waals surface area contributed by atoms with Gasteiger partial charge in [0.25, 0.3) is 10.1 Å². The Hall–Kier alpha value is -2.63. The zero-order valence-corrected chi connectivity index (χ0v) is 15.0. The van der Waals surface area contributed by atoms with Crippen LogP contribution in [0.5, 0.6) is 5.75 Å². The Labute approximate surface area is 153 Å². The first-order valence-electron chi connectivity index (χ1n) is 8.36. The Morgan fingerprint density at radius 2 is 1.23 bits per heavy atom. The van der Waals surface area contributed by atoms with Gasteiger partial charge in [-0.25, -0.2) is 0 Å². The Morgan fingerprint density at radius 1 is 0.731 bits per heavy atom. The summed E-state index contributed by atoms with van der Waals surface area (Å²) < 4.78 is 36.7. The second-order valence-electron chi connectivity index (χ2n) is 5.90. The quantitative estimate of drug-likeness (QED) is 0.486. The molecule has 3 aromatic carbocycles. The van der Waals surface area contributed by atoms with Crippen molar-refractivity contribution >= 4 is 10.1 Å². The lowest BCUT2D eigenvalue weighted by Gasteiger charge is -2.16. The van der Waals surface area contributed by atoms with Gasteiger partial charge < -0.3 is 4.74 Å². The summed E-state index contributed by atoms with van der Waals surface area (Å²) >= 11 is 0. The molecular formula is C21H20O4S. The molecule has 0 radical (unpaired) electrons. The smallest absolute Gasteiger partial charge is 0.264 e. The molecule has 0 aromatic heterocycles. The first-order valence-corrected chi connectivity index (χ1v) is 9.97. The summed E-state index contributed by atoms with van der Waals surface area (Å²) in [4.78, 5) is 0. The van der Waals surface area contributed by atoms with Crippen molar-refractivity contribution in [3.05, 3.63) is 78.9 Å². The lowest BCUT2D eigenvalue weighted by Crippen LogP contribution is -2.09. The molecule has 0 aliphatic carbocycles. The van der Waals surface area contributed by atoms with Gasteiger partial charge in [0, 0.05) is 11.1 Å². The summed E-state index contributed by atoms with van der Waals surface area (Å²) in [6, 6.07) is 25.8. The van der Waals surface area contributed by atoms with Crippen molar-refractivity contribution in [3.63, 3.8) is 0 Å². The Morgan fingerprint density at radius 3 is 1.69 bits per heavy atom. The van der Waals surface area contributed by atoms with Crippen molar-refractivity contribution < 1.29 is 17.7 Å². The lowest BCUT2D eigenvalue weighted by atomic mass is 9.97. The van der Waals surface area contributed by atoms with E-state index >= 15 is 0 Å². The maximum absolute atomic E-state index is 10.9. The van der Waals surface area contributed by atoms with Crippen LogP contribution in [0, 0.1) is 0 Å². The molecule has 0 fully saturated rings. The third-order valence-corrected chi connectivity index (χ3v) is 4.78. The average Bonchev–Trinajstić information content (AvgIpc) is 2.66. The maximum atomic E-state index is 10.9. The fourth-order valence-corrected chi connectivity index (χ4v) is 3.28. The van der Waals surface area contributed by atoms with Crippen molar-refractivity contribution in [1.29, 1.82) is 0 Å². The molecule has 0 aliphatic heterocycles. The van der Waals surface area contributed by atoms with E-state index in [2.05, 4.69) is 0 Å². The second kappa shape index (κ2) is 8.17. The molecule has 5 heteroatoms. The summed E-state index contributed by atoms with van der Waals surface area (Å²) in [6.07, 6.45) is 0.218. The highest BCUT2D eigenvalue weighted by molar-refractivity contribution is 7.85. The largest absolute Gasteiger partial charge is 0.492 e. The van der Waals surface area contributed by atoms with Gasteiger partial charge in [-0.1, -0.05) is 78.9 Å². The van der Waals surface area contributed by atoms with Crippen LogP contribution in [0.2, 0.25) is 0 Å². The molecular weight excluding hydrogens is 348 g/mol. The molecule has 0 unspecified atom stereocenters. The average molecular weight is 368 g/mol. The maximum Gasteiger partial charge on any atom is 0.264 e. The van der Waals surface area contributed by atoms with Crippen molar-refractivity contribution in [2.24, 2.45) is 0 Å². The molecule has 0 spiro atoms. The number of benzene rings is 3. The fourth-order valence-electron chi connectivity index (χ4n) is 2.80. The Bertz CT molecular complexity index is 894. The van der Waals surface area contributed by atoms with Gasteiger partial charge in [0.1, 0.15) is 5.75 Å². The third kappa shape index (κ3) is 4.71. The zero-order valence-electron chi connectivity index (χ0n) is 14.2. The second-order valence-corrected chi connectivity index (χ2v) is 7.47. The summed E-state index contributed by atoms with van der Waals surface area (Å²) in [5, 5.41) is 0. The Kier molecular flexibility index (Phi) is 5.71. The minimum atomic E-state index is -3.98. The number of para-hydroxylation sites is 1. The Balaban J connectivity index is 1.97. The molecule has 3 aromatic rings. The highest BCUT2D eigenvalue weighted by Crippen LogP contribution is 2.39. The molecule has 0 amide bonds. The van der Waals surface area contributed by atoms with Crippen LogP contribution in [0.4, 0.5) is 0 Å². The molecule has 3 rings (SSSR count). The predicted octanol–water partition coefficient (Wildman–Crippen LogP) is 4.68. The molecule has 134 valence electrons. The van der Waals surface area contributed by atoms with E-state index in [1.165, 1.54) is 0 Å². The normalized spacial score (nSPS) is 11.3. The summed E-state index contributed by atoms with van der Waals surface area (Å²) in [5.74, 6) is 0.390. The number of hydrogen-bond acceptors (Lipinski definition) is 3. The summed E-state index contributed by atoms with van der Waals surface area (Å²) in [5.41, 5.74) is 3.93. The molecule has 0 aliphatic rings. The van der Waals surface area contributed by atoms with E-state index < -0.39 is 10.1 Å². The van der Waals surface area contributed by atoms with E-state index in [1.54, 1.807) is 0 Å². The van der Waals surface area contributed by atoms with Crippen LogP contribution in [0.3, 0.4) is 0 Å². The van der Waals surface area contributed by atoms with Gasteiger partial charge >= 0.3 is 0 Å². The minimum Gasteiger partial charge on any atom is -0.492 e. The van der Waals surface area contributed by atoms with E-state index in [0.29, 0.717) is 5.75 Å². The molecule has 0 heterocycles. The van der Waals surface area contributed by atoms with E-state index in [1.807, 2.05) is 78.9 Å². The van der Waals surface area contributed by atoms with Gasteiger partial charge in [-0.05, 0) is 17.5 Å². The van der Waals surface area contributed by atoms with Crippen LogP contribution in [0.25, 0.3) is 22.3 Å². The highest BCUT2D eigenvalue weighted by atomic mass is 32.2. The molecule has 26 heavy (non-hydrogen) atoms. The predicted molar refractivity (Wildman–Crippen MR) is 104 cm³/mol. The molecule has 0 saturated carbocycles. The fraction of sp³-hybridized carbons (Fsp3) is 0.143. The van der Waals surface area contributed by atoms with E-state index in [0.717, 1.165) is 22.3 Å². The van der Waals surface area contributed by atoms with Crippen LogP contribution in [0.15, 0.2) is 78.9 Å². The van der Waals surface area contributed by atoms with Crippen LogP contribution >= 0.6 is 0 Å². The van der Waals surface area contributed by atoms with Gasteiger partial charge in [0.15, 0.2) is 0 Å². The monoisotopic (exact) mass is 368 g/mol. The van der Waals surface area contributed by atoms with Crippen LogP contribution in [-0.2, 0) is 10.1 Å².